The fraction of sp³-hybridized carbons (Fsp3) is 1.00. The van der Waals surface area contributed by atoms with Gasteiger partial charge in [-0.3, -0.25) is 0 Å². The predicted octanol–water partition coefficient (Wildman–Crippen LogP) is -1.46. The zero-order valence-electron chi connectivity index (χ0n) is 10.8. The van der Waals surface area contributed by atoms with Gasteiger partial charge in [-0.15, -0.1) is 0 Å². The fourth-order valence-electron chi connectivity index (χ4n) is 1.05. The molecule has 0 aliphatic heterocycles. The highest BCUT2D eigenvalue weighted by Gasteiger charge is 2.14. The second-order valence-corrected chi connectivity index (χ2v) is 6.22. The van der Waals surface area contributed by atoms with E-state index in [9.17, 15) is 5.11 Å². The number of thioether (sulfide) groups is 2. The highest BCUT2D eigenvalue weighted by atomic mass is 32.2. The highest BCUT2D eigenvalue weighted by molar-refractivity contribution is 7.99. The average molecular weight is 316 g/mol. The average Bonchev–Trinajstić information content (AvgIpc) is 2.43. The summed E-state index contributed by atoms with van der Waals surface area (Å²) in [5.74, 6) is 2.33. The lowest BCUT2D eigenvalue weighted by Crippen LogP contribution is -2.31. The van der Waals surface area contributed by atoms with Crippen molar-refractivity contribution in [1.82, 2.24) is 0 Å². The molecule has 6 nitrogen and oxygen atoms in total. The number of aliphatic hydroxyl groups is 5. The Kier molecular flexibility index (Phi) is 13.8. The van der Waals surface area contributed by atoms with E-state index in [1.54, 1.807) is 0 Å². The van der Waals surface area contributed by atoms with E-state index in [4.69, 9.17) is 25.2 Å². The molecule has 8 heteroatoms. The van der Waals surface area contributed by atoms with E-state index < -0.39 is 24.9 Å². The molecule has 19 heavy (non-hydrogen) atoms. The van der Waals surface area contributed by atoms with Crippen LogP contribution in [0.1, 0.15) is 0 Å². The molecule has 3 unspecified atom stereocenters. The van der Waals surface area contributed by atoms with Gasteiger partial charge in [-0.1, -0.05) is 0 Å². The first-order valence-electron chi connectivity index (χ1n) is 6.11. The maximum absolute atomic E-state index is 9.35. The molecule has 3 atom stereocenters. The van der Waals surface area contributed by atoms with Gasteiger partial charge in [0.2, 0.25) is 0 Å². The van der Waals surface area contributed by atoms with E-state index in [-0.39, 0.29) is 6.61 Å². The van der Waals surface area contributed by atoms with Crippen LogP contribution in [0.3, 0.4) is 0 Å². The van der Waals surface area contributed by atoms with E-state index >= 15 is 0 Å². The van der Waals surface area contributed by atoms with Crippen molar-refractivity contribution in [2.75, 3.05) is 49.4 Å². The molecule has 0 aliphatic rings. The zero-order chi connectivity index (χ0) is 14.5. The summed E-state index contributed by atoms with van der Waals surface area (Å²) in [6.07, 6.45) is -2.66. The molecule has 0 aliphatic carbocycles. The molecule has 116 valence electrons. The van der Waals surface area contributed by atoms with Gasteiger partial charge in [0.1, 0.15) is 6.10 Å². The highest BCUT2D eigenvalue weighted by Crippen LogP contribution is 2.06. The van der Waals surface area contributed by atoms with E-state index in [2.05, 4.69) is 0 Å². The van der Waals surface area contributed by atoms with Crippen molar-refractivity contribution < 1.29 is 30.3 Å². The maximum atomic E-state index is 9.35. The van der Waals surface area contributed by atoms with E-state index in [0.29, 0.717) is 30.5 Å². The summed E-state index contributed by atoms with van der Waals surface area (Å²) in [7, 11) is 0. The summed E-state index contributed by atoms with van der Waals surface area (Å²) in [5, 5.41) is 44.7. The molecule has 0 rings (SSSR count). The second kappa shape index (κ2) is 13.4. The summed E-state index contributed by atoms with van der Waals surface area (Å²) >= 11 is 2.97. The summed E-state index contributed by atoms with van der Waals surface area (Å²) in [6.45, 7) is 0.475. The first-order chi connectivity index (χ1) is 9.11. The molecule has 0 heterocycles. The van der Waals surface area contributed by atoms with Gasteiger partial charge >= 0.3 is 0 Å². The van der Waals surface area contributed by atoms with Crippen molar-refractivity contribution in [1.29, 1.82) is 0 Å². The Balaban J connectivity index is 3.19. The summed E-state index contributed by atoms with van der Waals surface area (Å²) in [6, 6.07) is 0. The van der Waals surface area contributed by atoms with Crippen molar-refractivity contribution in [3.63, 3.8) is 0 Å². The van der Waals surface area contributed by atoms with Gasteiger partial charge in [0.15, 0.2) is 0 Å². The van der Waals surface area contributed by atoms with Gasteiger partial charge in [0.25, 0.3) is 0 Å². The number of hydrogen-bond donors (Lipinski definition) is 5. The van der Waals surface area contributed by atoms with Gasteiger partial charge in [-0.05, 0) is 0 Å². The van der Waals surface area contributed by atoms with Crippen LogP contribution >= 0.6 is 23.5 Å². The Morgan fingerprint density at radius 1 is 0.789 bits per heavy atom. The normalized spacial score (nSPS) is 16.3. The molecule has 0 aromatic heterocycles. The van der Waals surface area contributed by atoms with Crippen molar-refractivity contribution in [3.05, 3.63) is 0 Å². The minimum absolute atomic E-state index is 0.216. The molecule has 0 spiro atoms. The molecule has 0 fully saturated rings. The minimum atomic E-state index is -1.08. The van der Waals surface area contributed by atoms with Crippen LogP contribution in [0.4, 0.5) is 0 Å². The Morgan fingerprint density at radius 3 is 1.89 bits per heavy atom. The lowest BCUT2D eigenvalue weighted by molar-refractivity contribution is -0.00192. The van der Waals surface area contributed by atoms with Crippen LogP contribution in [0.15, 0.2) is 0 Å². The Bertz CT molecular complexity index is 198. The second-order valence-electron chi connectivity index (χ2n) is 3.92. The van der Waals surface area contributed by atoms with Gasteiger partial charge in [-0.25, -0.2) is 0 Å². The number of aliphatic hydroxyl groups excluding tert-OH is 5. The first kappa shape index (κ1) is 19.5. The zero-order valence-corrected chi connectivity index (χ0v) is 12.5. The number of hydrogen-bond acceptors (Lipinski definition) is 8. The van der Waals surface area contributed by atoms with Crippen molar-refractivity contribution in [2.45, 2.75) is 18.3 Å². The molecule has 0 radical (unpaired) electrons. The molecular weight excluding hydrogens is 292 g/mol. The largest absolute Gasteiger partial charge is 0.394 e. The summed E-state index contributed by atoms with van der Waals surface area (Å²) in [5.41, 5.74) is 0. The molecule has 0 saturated heterocycles. The SMILES string of the molecule is OCC(O)CSCCOCCSCC(O)C(O)CO. The molecule has 0 saturated carbocycles. The lowest BCUT2D eigenvalue weighted by atomic mass is 10.2. The summed E-state index contributed by atoms with van der Waals surface area (Å²) in [4.78, 5) is 0. The van der Waals surface area contributed by atoms with Crippen LogP contribution in [0.25, 0.3) is 0 Å². The smallest absolute Gasteiger partial charge is 0.104 e. The first-order valence-corrected chi connectivity index (χ1v) is 8.41. The molecule has 5 N–H and O–H groups in total. The quantitative estimate of drug-likeness (QED) is 0.262. The van der Waals surface area contributed by atoms with Crippen LogP contribution in [0.5, 0.6) is 0 Å². The third-order valence-corrected chi connectivity index (χ3v) is 4.29. The third kappa shape index (κ3) is 11.9. The van der Waals surface area contributed by atoms with E-state index in [1.165, 1.54) is 23.5 Å². The van der Waals surface area contributed by atoms with Crippen LogP contribution in [0, 0.1) is 0 Å². The Labute approximate surface area is 122 Å². The van der Waals surface area contributed by atoms with Gasteiger partial charge in [-0.2, -0.15) is 23.5 Å². The number of rotatable bonds is 13. The van der Waals surface area contributed by atoms with Crippen molar-refractivity contribution in [3.8, 4) is 0 Å². The van der Waals surface area contributed by atoms with E-state index in [0.717, 1.165) is 5.75 Å². The van der Waals surface area contributed by atoms with E-state index in [1.807, 2.05) is 0 Å². The fourth-order valence-corrected chi connectivity index (χ4v) is 2.69. The minimum Gasteiger partial charge on any atom is -0.394 e. The summed E-state index contributed by atoms with van der Waals surface area (Å²) < 4.78 is 5.34. The molecule has 0 amide bonds. The standard InChI is InChI=1S/C11H24O6S2/c12-5-9(14)7-18-3-1-17-2-4-19-8-11(16)10(15)6-13/h9-16H,1-8H2. The molecular formula is C11H24O6S2. The van der Waals surface area contributed by atoms with Crippen LogP contribution in [0.2, 0.25) is 0 Å². The van der Waals surface area contributed by atoms with Crippen molar-refractivity contribution >= 4 is 23.5 Å². The van der Waals surface area contributed by atoms with Gasteiger partial charge in [0, 0.05) is 23.0 Å². The molecule has 0 aromatic rings. The monoisotopic (exact) mass is 316 g/mol. The topological polar surface area (TPSA) is 110 Å². The predicted molar refractivity (Wildman–Crippen MR) is 77.7 cm³/mol. The van der Waals surface area contributed by atoms with Crippen LogP contribution < -0.4 is 0 Å². The van der Waals surface area contributed by atoms with Crippen LogP contribution in [-0.4, -0.2) is 93.3 Å². The molecule has 0 bridgehead atoms. The maximum Gasteiger partial charge on any atom is 0.104 e. The number of ether oxygens (including phenoxy) is 1. The Hall–Kier alpha value is 0.460. The third-order valence-electron chi connectivity index (χ3n) is 2.18. The Morgan fingerprint density at radius 2 is 1.37 bits per heavy atom. The van der Waals surface area contributed by atoms with Crippen molar-refractivity contribution in [2.24, 2.45) is 0 Å². The van der Waals surface area contributed by atoms with Crippen LogP contribution in [-0.2, 0) is 4.74 Å². The molecule has 0 aromatic carbocycles. The lowest BCUT2D eigenvalue weighted by Gasteiger charge is -2.14. The van der Waals surface area contributed by atoms with Gasteiger partial charge < -0.3 is 30.3 Å². The van der Waals surface area contributed by atoms with Gasteiger partial charge in [0.05, 0.1) is 38.6 Å².